The van der Waals surface area contributed by atoms with Crippen molar-refractivity contribution in [3.63, 3.8) is 0 Å². The number of amides is 1. The molecule has 0 bridgehead atoms. The van der Waals surface area contributed by atoms with Gasteiger partial charge in [0.1, 0.15) is 0 Å². The molecule has 2 unspecified atom stereocenters. The topological polar surface area (TPSA) is 66.8 Å². The molecule has 1 N–H and O–H groups in total. The molecule has 0 saturated carbocycles. The molecule has 2 rings (SSSR count). The fourth-order valence-corrected chi connectivity index (χ4v) is 3.03. The third-order valence-corrected chi connectivity index (χ3v) is 4.30. The first-order valence-corrected chi connectivity index (χ1v) is 7.53. The molecule has 0 aromatic heterocycles. The van der Waals surface area contributed by atoms with Gasteiger partial charge < -0.3 is 14.7 Å². The summed E-state index contributed by atoms with van der Waals surface area (Å²) < 4.78 is 6.12. The molecule has 1 aliphatic heterocycles. The Morgan fingerprint density at radius 2 is 2.19 bits per heavy atom. The Kier molecular flexibility index (Phi) is 5.00. The van der Waals surface area contributed by atoms with Crippen LogP contribution in [0.2, 0.25) is 0 Å². The third kappa shape index (κ3) is 3.63. The number of carboxylic acid groups (broad SMARTS) is 1. The first-order chi connectivity index (χ1) is 9.92. The molecule has 2 atom stereocenters. The second kappa shape index (κ2) is 6.58. The van der Waals surface area contributed by atoms with Crippen LogP contribution in [0.5, 0.6) is 0 Å². The zero-order chi connectivity index (χ0) is 15.6. The zero-order valence-electron chi connectivity index (χ0n) is 12.0. The SMILES string of the molecule is COC1CC(CC(=O)O)N(C(=O)c2cc(Br)ccc2C)C1. The van der Waals surface area contributed by atoms with E-state index in [1.54, 1.807) is 18.1 Å². The van der Waals surface area contributed by atoms with Crippen molar-refractivity contribution in [1.82, 2.24) is 4.90 Å². The highest BCUT2D eigenvalue weighted by Gasteiger charge is 2.37. The van der Waals surface area contributed by atoms with E-state index < -0.39 is 5.97 Å². The van der Waals surface area contributed by atoms with Gasteiger partial charge in [0.2, 0.25) is 0 Å². The van der Waals surface area contributed by atoms with Gasteiger partial charge in [0.05, 0.1) is 12.5 Å². The van der Waals surface area contributed by atoms with Gasteiger partial charge in [-0.25, -0.2) is 0 Å². The summed E-state index contributed by atoms with van der Waals surface area (Å²) in [5.41, 5.74) is 1.47. The minimum atomic E-state index is -0.902. The maximum atomic E-state index is 12.7. The van der Waals surface area contributed by atoms with Crippen LogP contribution in [0.4, 0.5) is 0 Å². The van der Waals surface area contributed by atoms with E-state index in [9.17, 15) is 9.59 Å². The summed E-state index contributed by atoms with van der Waals surface area (Å²) in [6.45, 7) is 2.30. The van der Waals surface area contributed by atoms with Crippen molar-refractivity contribution in [3.05, 3.63) is 33.8 Å². The lowest BCUT2D eigenvalue weighted by atomic mass is 10.1. The van der Waals surface area contributed by atoms with Crippen LogP contribution in [0.1, 0.15) is 28.8 Å². The molecule has 0 aliphatic carbocycles. The number of aliphatic carboxylic acids is 1. The minimum Gasteiger partial charge on any atom is -0.481 e. The highest BCUT2D eigenvalue weighted by molar-refractivity contribution is 9.10. The number of nitrogens with zero attached hydrogens (tertiary/aromatic N) is 1. The highest BCUT2D eigenvalue weighted by Crippen LogP contribution is 2.26. The Labute approximate surface area is 132 Å². The fraction of sp³-hybridized carbons (Fsp3) is 0.467. The van der Waals surface area contributed by atoms with Crippen molar-refractivity contribution in [2.24, 2.45) is 0 Å². The second-order valence-corrected chi connectivity index (χ2v) is 6.18. The number of halogens is 1. The number of aryl methyl sites for hydroxylation is 1. The number of ether oxygens (including phenoxy) is 1. The quantitative estimate of drug-likeness (QED) is 0.900. The van der Waals surface area contributed by atoms with Gasteiger partial charge in [-0.3, -0.25) is 9.59 Å². The lowest BCUT2D eigenvalue weighted by Gasteiger charge is -2.24. The Balaban J connectivity index is 2.26. The molecule has 1 saturated heterocycles. The van der Waals surface area contributed by atoms with E-state index in [1.165, 1.54) is 0 Å². The maximum Gasteiger partial charge on any atom is 0.305 e. The molecule has 1 fully saturated rings. The number of benzene rings is 1. The van der Waals surface area contributed by atoms with Gasteiger partial charge in [0, 0.05) is 29.7 Å². The molecule has 5 nitrogen and oxygen atoms in total. The van der Waals surface area contributed by atoms with Crippen molar-refractivity contribution < 1.29 is 19.4 Å². The van der Waals surface area contributed by atoms with Gasteiger partial charge in [0.15, 0.2) is 0 Å². The van der Waals surface area contributed by atoms with Crippen molar-refractivity contribution in [2.45, 2.75) is 31.9 Å². The molecular weight excluding hydrogens is 338 g/mol. The summed E-state index contributed by atoms with van der Waals surface area (Å²) in [7, 11) is 1.58. The van der Waals surface area contributed by atoms with Crippen LogP contribution in [0, 0.1) is 6.92 Å². The molecule has 1 amide bonds. The Morgan fingerprint density at radius 1 is 1.48 bits per heavy atom. The predicted octanol–water partition coefficient (Wildman–Crippen LogP) is 2.46. The zero-order valence-corrected chi connectivity index (χ0v) is 13.6. The average molecular weight is 356 g/mol. The molecule has 21 heavy (non-hydrogen) atoms. The predicted molar refractivity (Wildman–Crippen MR) is 81.4 cm³/mol. The number of carbonyl (C=O) groups excluding carboxylic acids is 1. The number of hydrogen-bond acceptors (Lipinski definition) is 3. The summed E-state index contributed by atoms with van der Waals surface area (Å²) >= 11 is 3.36. The van der Waals surface area contributed by atoms with Gasteiger partial charge in [-0.1, -0.05) is 22.0 Å². The first kappa shape index (κ1) is 16.0. The van der Waals surface area contributed by atoms with Crippen molar-refractivity contribution in [2.75, 3.05) is 13.7 Å². The van der Waals surface area contributed by atoms with Gasteiger partial charge in [-0.05, 0) is 31.0 Å². The molecule has 1 aromatic rings. The summed E-state index contributed by atoms with van der Waals surface area (Å²) in [6.07, 6.45) is 0.394. The normalized spacial score (nSPS) is 21.6. The van der Waals surface area contributed by atoms with Crippen molar-refractivity contribution in [3.8, 4) is 0 Å². The summed E-state index contributed by atoms with van der Waals surface area (Å²) in [4.78, 5) is 25.3. The van der Waals surface area contributed by atoms with E-state index >= 15 is 0 Å². The van der Waals surface area contributed by atoms with Crippen LogP contribution >= 0.6 is 15.9 Å². The van der Waals surface area contributed by atoms with Crippen LogP contribution in [0.25, 0.3) is 0 Å². The number of likely N-dealkylation sites (tertiary alicyclic amines) is 1. The summed E-state index contributed by atoms with van der Waals surface area (Å²) in [5, 5.41) is 9.02. The van der Waals surface area contributed by atoms with Crippen LogP contribution in [0.3, 0.4) is 0 Å². The van der Waals surface area contributed by atoms with Crippen LogP contribution in [-0.2, 0) is 9.53 Å². The number of hydrogen-bond donors (Lipinski definition) is 1. The van der Waals surface area contributed by atoms with Crippen LogP contribution < -0.4 is 0 Å². The Hall–Kier alpha value is -1.40. The van der Waals surface area contributed by atoms with E-state index in [4.69, 9.17) is 9.84 Å². The van der Waals surface area contributed by atoms with E-state index in [0.717, 1.165) is 10.0 Å². The molecule has 1 aromatic carbocycles. The monoisotopic (exact) mass is 355 g/mol. The molecule has 0 radical (unpaired) electrons. The van der Waals surface area contributed by atoms with E-state index in [1.807, 2.05) is 19.1 Å². The number of rotatable bonds is 4. The van der Waals surface area contributed by atoms with Gasteiger partial charge in [0.25, 0.3) is 5.91 Å². The summed E-state index contributed by atoms with van der Waals surface area (Å²) in [5.74, 6) is -1.04. The summed E-state index contributed by atoms with van der Waals surface area (Å²) in [6, 6.07) is 5.20. The molecular formula is C15H18BrNO4. The van der Waals surface area contributed by atoms with Crippen molar-refractivity contribution >= 4 is 27.8 Å². The standard InChI is InChI=1S/C15H18BrNO4/c1-9-3-4-10(16)5-13(9)15(20)17-8-12(21-2)6-11(17)7-14(18)19/h3-5,11-12H,6-8H2,1-2H3,(H,18,19). The number of carbonyl (C=O) groups is 2. The van der Waals surface area contributed by atoms with Gasteiger partial charge >= 0.3 is 5.97 Å². The van der Waals surface area contributed by atoms with Crippen LogP contribution in [0.15, 0.2) is 22.7 Å². The third-order valence-electron chi connectivity index (χ3n) is 3.81. The van der Waals surface area contributed by atoms with Gasteiger partial charge in [-0.2, -0.15) is 0 Å². The smallest absolute Gasteiger partial charge is 0.305 e. The molecule has 6 heteroatoms. The average Bonchev–Trinajstić information content (AvgIpc) is 2.83. The minimum absolute atomic E-state index is 0.0569. The first-order valence-electron chi connectivity index (χ1n) is 6.74. The molecule has 1 heterocycles. The van der Waals surface area contributed by atoms with E-state index in [0.29, 0.717) is 18.5 Å². The highest BCUT2D eigenvalue weighted by atomic mass is 79.9. The van der Waals surface area contributed by atoms with Gasteiger partial charge in [-0.15, -0.1) is 0 Å². The number of carboxylic acids is 1. The van der Waals surface area contributed by atoms with E-state index in [-0.39, 0.29) is 24.5 Å². The number of methoxy groups -OCH3 is 1. The van der Waals surface area contributed by atoms with Crippen LogP contribution in [-0.4, -0.2) is 47.7 Å². The maximum absolute atomic E-state index is 12.7. The molecule has 114 valence electrons. The van der Waals surface area contributed by atoms with E-state index in [2.05, 4.69) is 15.9 Å². The molecule has 1 aliphatic rings. The largest absolute Gasteiger partial charge is 0.481 e. The second-order valence-electron chi connectivity index (χ2n) is 5.26. The Bertz CT molecular complexity index is 561. The Morgan fingerprint density at radius 3 is 2.81 bits per heavy atom. The lowest BCUT2D eigenvalue weighted by Crippen LogP contribution is -2.37. The molecule has 0 spiro atoms. The lowest BCUT2D eigenvalue weighted by molar-refractivity contribution is -0.137. The fourth-order valence-electron chi connectivity index (χ4n) is 2.67. The van der Waals surface area contributed by atoms with Crippen molar-refractivity contribution in [1.29, 1.82) is 0 Å².